The van der Waals surface area contributed by atoms with Crippen molar-refractivity contribution in [2.24, 2.45) is 0 Å². The predicted molar refractivity (Wildman–Crippen MR) is 53.0 cm³/mol. The smallest absolute Gasteiger partial charge is 0.171 e. The van der Waals surface area contributed by atoms with Crippen molar-refractivity contribution >= 4 is 0 Å². The average Bonchev–Trinajstić information content (AvgIpc) is 2.18. The quantitative estimate of drug-likeness (QED) is 0.839. The van der Waals surface area contributed by atoms with Crippen LogP contribution in [0, 0.1) is 11.6 Å². The molecular formula is C11H14F2O2. The lowest BCUT2D eigenvalue weighted by atomic mass is 9.84. The van der Waals surface area contributed by atoms with Gasteiger partial charge in [-0.25, -0.2) is 8.78 Å². The van der Waals surface area contributed by atoms with Crippen LogP contribution in [-0.4, -0.2) is 18.8 Å². The Balaban J connectivity index is 3.39. The molecule has 0 atom stereocenters. The molecule has 1 aromatic rings. The van der Waals surface area contributed by atoms with Gasteiger partial charge >= 0.3 is 0 Å². The minimum Gasteiger partial charge on any atom is -0.494 e. The number of hydrogen-bond acceptors (Lipinski definition) is 2. The van der Waals surface area contributed by atoms with Crippen molar-refractivity contribution in [1.29, 1.82) is 0 Å². The van der Waals surface area contributed by atoms with Gasteiger partial charge in [0.2, 0.25) is 0 Å². The van der Waals surface area contributed by atoms with Crippen molar-refractivity contribution < 1.29 is 18.6 Å². The topological polar surface area (TPSA) is 29.5 Å². The lowest BCUT2D eigenvalue weighted by Gasteiger charge is -2.24. The fourth-order valence-electron chi connectivity index (χ4n) is 1.39. The Morgan fingerprint density at radius 1 is 1.33 bits per heavy atom. The number of hydrogen-bond donors (Lipinski definition) is 1. The Labute approximate surface area is 87.5 Å². The van der Waals surface area contributed by atoms with Gasteiger partial charge in [0.25, 0.3) is 0 Å². The molecule has 1 N–H and O–H groups in total. The molecule has 0 fully saturated rings. The van der Waals surface area contributed by atoms with Gasteiger partial charge in [0.1, 0.15) is 5.82 Å². The molecule has 1 rings (SSSR count). The van der Waals surface area contributed by atoms with Crippen molar-refractivity contribution in [3.05, 3.63) is 29.3 Å². The normalized spacial score (nSPS) is 11.6. The molecule has 0 aliphatic carbocycles. The van der Waals surface area contributed by atoms with Crippen molar-refractivity contribution in [3.63, 3.8) is 0 Å². The zero-order valence-corrected chi connectivity index (χ0v) is 8.97. The molecule has 0 bridgehead atoms. The molecule has 84 valence electrons. The molecule has 0 spiro atoms. The van der Waals surface area contributed by atoms with Crippen molar-refractivity contribution in [2.75, 3.05) is 13.7 Å². The SMILES string of the molecule is COc1ccc(F)c(C(C)(C)CO)c1F. The van der Waals surface area contributed by atoms with Gasteiger partial charge in [-0.2, -0.15) is 0 Å². The van der Waals surface area contributed by atoms with Gasteiger partial charge in [0, 0.05) is 11.0 Å². The Bertz CT molecular complexity index is 362. The molecular weight excluding hydrogens is 202 g/mol. The van der Waals surface area contributed by atoms with Crippen LogP contribution in [0.2, 0.25) is 0 Å². The highest BCUT2D eigenvalue weighted by Gasteiger charge is 2.29. The third-order valence-corrected chi connectivity index (χ3v) is 2.35. The van der Waals surface area contributed by atoms with E-state index in [0.717, 1.165) is 6.07 Å². The third-order valence-electron chi connectivity index (χ3n) is 2.35. The summed E-state index contributed by atoms with van der Waals surface area (Å²) in [5.74, 6) is -1.45. The van der Waals surface area contributed by atoms with Gasteiger partial charge in [0.05, 0.1) is 13.7 Å². The van der Waals surface area contributed by atoms with Crippen molar-refractivity contribution in [2.45, 2.75) is 19.3 Å². The van der Waals surface area contributed by atoms with E-state index < -0.39 is 17.0 Å². The summed E-state index contributed by atoms with van der Waals surface area (Å²) in [6, 6.07) is 2.36. The largest absolute Gasteiger partial charge is 0.494 e. The number of halogens is 2. The number of aliphatic hydroxyl groups is 1. The van der Waals surface area contributed by atoms with Crippen LogP contribution in [0.25, 0.3) is 0 Å². The molecule has 0 unspecified atom stereocenters. The lowest BCUT2D eigenvalue weighted by molar-refractivity contribution is 0.209. The molecule has 1 aromatic carbocycles. The highest BCUT2D eigenvalue weighted by Crippen LogP contribution is 2.32. The van der Waals surface area contributed by atoms with E-state index in [9.17, 15) is 8.78 Å². The van der Waals surface area contributed by atoms with Crippen LogP contribution in [0.4, 0.5) is 8.78 Å². The van der Waals surface area contributed by atoms with Crippen LogP contribution in [0.5, 0.6) is 5.75 Å². The highest BCUT2D eigenvalue weighted by atomic mass is 19.1. The van der Waals surface area contributed by atoms with Crippen molar-refractivity contribution in [1.82, 2.24) is 0 Å². The molecule has 0 aliphatic rings. The van der Waals surface area contributed by atoms with E-state index in [1.807, 2.05) is 0 Å². The Hall–Kier alpha value is -1.16. The van der Waals surface area contributed by atoms with Crippen LogP contribution in [-0.2, 0) is 5.41 Å². The number of methoxy groups -OCH3 is 1. The second kappa shape index (κ2) is 4.14. The number of aliphatic hydroxyl groups excluding tert-OH is 1. The summed E-state index contributed by atoms with van der Waals surface area (Å²) in [6.45, 7) is 2.79. The molecule has 0 aliphatic heterocycles. The minimum absolute atomic E-state index is 0.0204. The van der Waals surface area contributed by atoms with E-state index in [1.165, 1.54) is 13.2 Å². The van der Waals surface area contributed by atoms with Crippen LogP contribution in [0.3, 0.4) is 0 Å². The first kappa shape index (κ1) is 11.9. The summed E-state index contributed by atoms with van der Waals surface area (Å²) in [6.07, 6.45) is 0. The van der Waals surface area contributed by atoms with Gasteiger partial charge in [-0.05, 0) is 12.1 Å². The van der Waals surface area contributed by atoms with Crippen LogP contribution in [0.15, 0.2) is 12.1 Å². The second-order valence-corrected chi connectivity index (χ2v) is 3.98. The standard InChI is InChI=1S/C11H14F2O2/c1-11(2,6-14)9-7(12)4-5-8(15-3)10(9)13/h4-5,14H,6H2,1-3H3. The first-order valence-electron chi connectivity index (χ1n) is 4.57. The fourth-order valence-corrected chi connectivity index (χ4v) is 1.39. The van der Waals surface area contributed by atoms with Gasteiger partial charge in [-0.15, -0.1) is 0 Å². The molecule has 2 nitrogen and oxygen atoms in total. The number of rotatable bonds is 3. The van der Waals surface area contributed by atoms with Gasteiger partial charge < -0.3 is 9.84 Å². The molecule has 0 saturated heterocycles. The maximum absolute atomic E-state index is 13.7. The molecule has 4 heteroatoms. The molecule has 0 heterocycles. The van der Waals surface area contributed by atoms with Gasteiger partial charge in [0.15, 0.2) is 11.6 Å². The van der Waals surface area contributed by atoms with E-state index in [0.29, 0.717) is 0 Å². The second-order valence-electron chi connectivity index (χ2n) is 3.98. The van der Waals surface area contributed by atoms with Crippen LogP contribution >= 0.6 is 0 Å². The molecule has 0 aromatic heterocycles. The molecule has 0 saturated carbocycles. The zero-order chi connectivity index (χ0) is 11.6. The first-order valence-corrected chi connectivity index (χ1v) is 4.57. The predicted octanol–water partition coefficient (Wildman–Crippen LogP) is 2.24. The van der Waals surface area contributed by atoms with E-state index in [4.69, 9.17) is 9.84 Å². The zero-order valence-electron chi connectivity index (χ0n) is 8.97. The monoisotopic (exact) mass is 216 g/mol. The summed E-state index contributed by atoms with van der Waals surface area (Å²) in [7, 11) is 1.31. The average molecular weight is 216 g/mol. The Kier molecular flexibility index (Phi) is 3.29. The fraction of sp³-hybridized carbons (Fsp3) is 0.455. The highest BCUT2D eigenvalue weighted by molar-refractivity contribution is 5.36. The summed E-state index contributed by atoms with van der Waals surface area (Å²) >= 11 is 0. The summed E-state index contributed by atoms with van der Waals surface area (Å²) in [5.41, 5.74) is -1.12. The lowest BCUT2D eigenvalue weighted by Crippen LogP contribution is -2.25. The summed E-state index contributed by atoms with van der Waals surface area (Å²) in [5, 5.41) is 9.09. The van der Waals surface area contributed by atoms with Crippen molar-refractivity contribution in [3.8, 4) is 5.75 Å². The number of ether oxygens (including phenoxy) is 1. The van der Waals surface area contributed by atoms with Crippen LogP contribution < -0.4 is 4.74 Å². The maximum atomic E-state index is 13.7. The van der Waals surface area contributed by atoms with Gasteiger partial charge in [-0.3, -0.25) is 0 Å². The first-order chi connectivity index (χ1) is 6.94. The maximum Gasteiger partial charge on any atom is 0.171 e. The Morgan fingerprint density at radius 2 is 1.93 bits per heavy atom. The summed E-state index contributed by atoms with van der Waals surface area (Å²) in [4.78, 5) is 0. The van der Waals surface area contributed by atoms with Crippen LogP contribution in [0.1, 0.15) is 19.4 Å². The van der Waals surface area contributed by atoms with E-state index in [2.05, 4.69) is 0 Å². The third kappa shape index (κ3) is 2.09. The molecule has 0 amide bonds. The van der Waals surface area contributed by atoms with E-state index in [-0.39, 0.29) is 17.9 Å². The van der Waals surface area contributed by atoms with E-state index >= 15 is 0 Å². The number of benzene rings is 1. The molecule has 15 heavy (non-hydrogen) atoms. The minimum atomic E-state index is -0.970. The Morgan fingerprint density at radius 3 is 2.40 bits per heavy atom. The van der Waals surface area contributed by atoms with E-state index in [1.54, 1.807) is 13.8 Å². The van der Waals surface area contributed by atoms with Gasteiger partial charge in [-0.1, -0.05) is 13.8 Å². The summed E-state index contributed by atoms with van der Waals surface area (Å²) < 4.78 is 31.9. The molecule has 0 radical (unpaired) electrons.